The molecule has 7 nitrogen and oxygen atoms in total. The minimum atomic E-state index is 0.579. The third-order valence-electron chi connectivity index (χ3n) is 4.46. The maximum Gasteiger partial charge on any atom is 0.215 e. The first-order valence-corrected chi connectivity index (χ1v) is 9.27. The Labute approximate surface area is 143 Å². The van der Waals surface area contributed by atoms with Gasteiger partial charge in [-0.1, -0.05) is 11.8 Å². The van der Waals surface area contributed by atoms with Crippen molar-refractivity contribution in [3.63, 3.8) is 0 Å². The molecule has 8 heteroatoms. The minimum absolute atomic E-state index is 0.579. The van der Waals surface area contributed by atoms with Gasteiger partial charge in [0.1, 0.15) is 11.6 Å². The van der Waals surface area contributed by atoms with Gasteiger partial charge in [0.2, 0.25) is 5.88 Å². The number of hydrogen-bond acceptors (Lipinski definition) is 6. The van der Waals surface area contributed by atoms with Gasteiger partial charge in [-0.2, -0.15) is 4.98 Å². The predicted molar refractivity (Wildman–Crippen MR) is 90.3 cm³/mol. The van der Waals surface area contributed by atoms with Crippen LogP contribution in [0.1, 0.15) is 49.3 Å². The zero-order valence-electron chi connectivity index (χ0n) is 13.4. The van der Waals surface area contributed by atoms with E-state index in [4.69, 9.17) is 4.74 Å². The molecule has 24 heavy (non-hydrogen) atoms. The number of nitrogens with zero attached hydrogens (tertiary/aromatic N) is 5. The van der Waals surface area contributed by atoms with E-state index in [2.05, 4.69) is 29.7 Å². The molecule has 3 aromatic rings. The first-order chi connectivity index (χ1) is 11.8. The van der Waals surface area contributed by atoms with Gasteiger partial charge in [0.15, 0.2) is 10.8 Å². The second kappa shape index (κ2) is 5.47. The molecular formula is C16H18N6OS. The molecule has 0 saturated heterocycles. The molecule has 0 bridgehead atoms. The smallest absolute Gasteiger partial charge is 0.215 e. The Morgan fingerprint density at radius 3 is 2.83 bits per heavy atom. The topological polar surface area (TPSA) is 81.5 Å². The highest BCUT2D eigenvalue weighted by atomic mass is 32.2. The molecule has 0 spiro atoms. The number of fused-ring (bicyclic) bond motifs is 1. The molecule has 0 radical (unpaired) electrons. The molecule has 0 atom stereocenters. The van der Waals surface area contributed by atoms with Crippen LogP contribution >= 0.6 is 11.8 Å². The van der Waals surface area contributed by atoms with Crippen LogP contribution < -0.4 is 4.74 Å². The molecular weight excluding hydrogens is 324 g/mol. The zero-order valence-corrected chi connectivity index (χ0v) is 14.2. The number of rotatable bonds is 6. The van der Waals surface area contributed by atoms with Crippen molar-refractivity contribution in [2.24, 2.45) is 0 Å². The summed E-state index contributed by atoms with van der Waals surface area (Å²) < 4.78 is 7.52. The number of thioether (sulfide) groups is 1. The molecule has 2 aliphatic carbocycles. The van der Waals surface area contributed by atoms with Crippen molar-refractivity contribution in [3.8, 4) is 5.88 Å². The summed E-state index contributed by atoms with van der Waals surface area (Å²) in [6, 6.07) is 4.39. The molecule has 0 aromatic carbocycles. The highest BCUT2D eigenvalue weighted by Crippen LogP contribution is 2.46. The van der Waals surface area contributed by atoms with E-state index in [1.165, 1.54) is 31.5 Å². The second-order valence-corrected chi connectivity index (χ2v) is 7.36. The maximum absolute atomic E-state index is 5.15. The largest absolute Gasteiger partial charge is 0.481 e. The maximum atomic E-state index is 5.15. The first-order valence-electron chi connectivity index (χ1n) is 8.29. The zero-order chi connectivity index (χ0) is 16.1. The lowest BCUT2D eigenvalue weighted by molar-refractivity contribution is 0.399. The quantitative estimate of drug-likeness (QED) is 0.693. The van der Waals surface area contributed by atoms with Crippen molar-refractivity contribution in [2.75, 3.05) is 7.11 Å². The van der Waals surface area contributed by atoms with Crippen LogP contribution in [0.3, 0.4) is 0 Å². The lowest BCUT2D eigenvalue weighted by Crippen LogP contribution is -2.02. The average molecular weight is 342 g/mol. The molecule has 2 fully saturated rings. The van der Waals surface area contributed by atoms with Crippen molar-refractivity contribution >= 4 is 22.9 Å². The fourth-order valence-electron chi connectivity index (χ4n) is 2.92. The van der Waals surface area contributed by atoms with E-state index < -0.39 is 0 Å². The van der Waals surface area contributed by atoms with Gasteiger partial charge in [0, 0.05) is 18.0 Å². The third kappa shape index (κ3) is 2.54. The number of methoxy groups -OCH3 is 1. The van der Waals surface area contributed by atoms with E-state index >= 15 is 0 Å². The van der Waals surface area contributed by atoms with Gasteiger partial charge in [0.25, 0.3) is 0 Å². The summed E-state index contributed by atoms with van der Waals surface area (Å²) in [5.74, 6) is 4.03. The Morgan fingerprint density at radius 1 is 1.21 bits per heavy atom. The molecule has 3 aromatic heterocycles. The number of hydrogen-bond donors (Lipinski definition) is 1. The number of imidazole rings is 1. The van der Waals surface area contributed by atoms with Gasteiger partial charge >= 0.3 is 0 Å². The van der Waals surface area contributed by atoms with Gasteiger partial charge in [-0.15, -0.1) is 10.2 Å². The Balaban J connectivity index is 1.37. The molecule has 0 aliphatic heterocycles. The van der Waals surface area contributed by atoms with Crippen LogP contribution in [0.2, 0.25) is 0 Å². The van der Waals surface area contributed by atoms with Gasteiger partial charge in [0.05, 0.1) is 18.4 Å². The van der Waals surface area contributed by atoms with Crippen LogP contribution in [0.5, 0.6) is 5.88 Å². The number of H-pyrrole nitrogens is 1. The molecule has 2 aliphatic rings. The summed E-state index contributed by atoms with van der Waals surface area (Å²) in [5, 5.41) is 9.90. The third-order valence-corrected chi connectivity index (χ3v) is 5.42. The fraction of sp³-hybridized carbons (Fsp3) is 0.500. The molecule has 1 N–H and O–H groups in total. The summed E-state index contributed by atoms with van der Waals surface area (Å²) in [5.41, 5.74) is 1.61. The molecule has 2 saturated carbocycles. The van der Waals surface area contributed by atoms with Gasteiger partial charge in [-0.05, 0) is 31.7 Å². The Morgan fingerprint density at radius 2 is 2.08 bits per heavy atom. The number of ether oxygens (including phenoxy) is 1. The highest BCUT2D eigenvalue weighted by molar-refractivity contribution is 7.98. The SMILES string of the molecule is COc1ccc2[nH]c(CSc3nnc(C4CC4)n3C3CC3)nc2n1. The molecule has 5 rings (SSSR count). The molecule has 0 unspecified atom stereocenters. The number of aromatic nitrogens is 6. The summed E-state index contributed by atoms with van der Waals surface area (Å²) in [6.45, 7) is 0. The predicted octanol–water partition coefficient (Wildman–Crippen LogP) is 3.06. The Bertz CT molecular complexity index is 895. The van der Waals surface area contributed by atoms with Gasteiger partial charge in [-0.3, -0.25) is 0 Å². The van der Waals surface area contributed by atoms with Crippen LogP contribution in [-0.2, 0) is 5.75 Å². The molecule has 0 amide bonds. The lowest BCUT2D eigenvalue weighted by Gasteiger charge is -2.07. The van der Waals surface area contributed by atoms with E-state index in [-0.39, 0.29) is 0 Å². The van der Waals surface area contributed by atoms with Crippen LogP contribution in [0, 0.1) is 0 Å². The van der Waals surface area contributed by atoms with Crippen molar-refractivity contribution in [1.82, 2.24) is 29.7 Å². The van der Waals surface area contributed by atoms with Crippen LogP contribution in [0.15, 0.2) is 17.3 Å². The van der Waals surface area contributed by atoms with Crippen LogP contribution in [0.25, 0.3) is 11.2 Å². The number of nitrogens with one attached hydrogen (secondary N) is 1. The second-order valence-electron chi connectivity index (χ2n) is 6.41. The molecule has 124 valence electrons. The summed E-state index contributed by atoms with van der Waals surface area (Å²) >= 11 is 1.70. The highest BCUT2D eigenvalue weighted by Gasteiger charge is 2.36. The van der Waals surface area contributed by atoms with Crippen molar-refractivity contribution in [2.45, 2.75) is 48.6 Å². The van der Waals surface area contributed by atoms with E-state index in [1.807, 2.05) is 12.1 Å². The van der Waals surface area contributed by atoms with Crippen LogP contribution in [-0.4, -0.2) is 36.8 Å². The van der Waals surface area contributed by atoms with Crippen molar-refractivity contribution < 1.29 is 4.74 Å². The summed E-state index contributed by atoms with van der Waals surface area (Å²) in [4.78, 5) is 12.2. The van der Waals surface area contributed by atoms with Gasteiger partial charge < -0.3 is 14.3 Å². The average Bonchev–Trinajstić information content (AvgIpc) is 3.53. The minimum Gasteiger partial charge on any atom is -0.481 e. The van der Waals surface area contributed by atoms with E-state index in [9.17, 15) is 0 Å². The van der Waals surface area contributed by atoms with Crippen molar-refractivity contribution in [3.05, 3.63) is 23.8 Å². The monoisotopic (exact) mass is 342 g/mol. The standard InChI is InChI=1S/C16H18N6OS/c1-23-13-7-6-11-14(19-13)18-12(17-11)8-24-16-21-20-15(9-2-3-9)22(16)10-4-5-10/h6-7,9-10H,2-5,8H2,1H3,(H,17,18,19). The first kappa shape index (κ1) is 14.3. The molecule has 3 heterocycles. The fourth-order valence-corrected chi connectivity index (χ4v) is 3.81. The summed E-state index contributed by atoms with van der Waals surface area (Å²) in [7, 11) is 1.61. The summed E-state index contributed by atoms with van der Waals surface area (Å²) in [6.07, 6.45) is 5.01. The van der Waals surface area contributed by atoms with E-state index in [1.54, 1.807) is 18.9 Å². The Hall–Kier alpha value is -2.09. The number of pyridine rings is 1. The van der Waals surface area contributed by atoms with Crippen LogP contribution in [0.4, 0.5) is 0 Å². The normalized spacial score (nSPS) is 17.5. The van der Waals surface area contributed by atoms with E-state index in [0.717, 1.165) is 22.3 Å². The Kier molecular flexibility index (Phi) is 3.26. The number of aromatic amines is 1. The van der Waals surface area contributed by atoms with Crippen molar-refractivity contribution in [1.29, 1.82) is 0 Å². The van der Waals surface area contributed by atoms with E-state index in [0.29, 0.717) is 23.5 Å². The lowest BCUT2D eigenvalue weighted by atomic mass is 10.4. The van der Waals surface area contributed by atoms with Gasteiger partial charge in [-0.25, -0.2) is 4.98 Å².